The highest BCUT2D eigenvalue weighted by molar-refractivity contribution is 5.84. The highest BCUT2D eigenvalue weighted by Crippen LogP contribution is 2.30. The van der Waals surface area contributed by atoms with Gasteiger partial charge in [0.2, 0.25) is 0 Å². The topological polar surface area (TPSA) is 59.0 Å². The molecule has 0 atom stereocenters. The van der Waals surface area contributed by atoms with Crippen molar-refractivity contribution < 1.29 is 13.2 Å². The molecule has 3 rings (SSSR count). The number of anilines is 1. The fourth-order valence-electron chi connectivity index (χ4n) is 3.50. The third-order valence-electron chi connectivity index (χ3n) is 5.41. The molecule has 0 bridgehead atoms. The van der Waals surface area contributed by atoms with Gasteiger partial charge in [-0.2, -0.15) is 18.4 Å². The number of aromatic nitrogens is 2. The van der Waals surface area contributed by atoms with Crippen LogP contribution < -0.4 is 4.90 Å². The van der Waals surface area contributed by atoms with Gasteiger partial charge in [0, 0.05) is 43.4 Å². The average molecular weight is 429 g/mol. The Hall–Kier alpha value is -3.05. The van der Waals surface area contributed by atoms with E-state index >= 15 is 0 Å². The minimum atomic E-state index is -4.36. The molecule has 0 unspecified atom stereocenters. The SMILES string of the molecule is CN(CCCCc1c[nH]c2ccc(C#N)cc12)CCN(C)c1cc(C(F)(F)F)ccn1. The lowest BCUT2D eigenvalue weighted by atomic mass is 10.1. The van der Waals surface area contributed by atoms with E-state index in [0.717, 1.165) is 55.4 Å². The Labute approximate surface area is 180 Å². The molecule has 0 spiro atoms. The van der Waals surface area contributed by atoms with E-state index in [-0.39, 0.29) is 0 Å². The summed E-state index contributed by atoms with van der Waals surface area (Å²) in [6.45, 7) is 2.22. The summed E-state index contributed by atoms with van der Waals surface area (Å²) in [5, 5.41) is 10.2. The van der Waals surface area contributed by atoms with Crippen molar-refractivity contribution in [3.63, 3.8) is 0 Å². The predicted molar refractivity (Wildman–Crippen MR) is 116 cm³/mol. The summed E-state index contributed by atoms with van der Waals surface area (Å²) in [5.74, 6) is 0.319. The van der Waals surface area contributed by atoms with Gasteiger partial charge in [-0.15, -0.1) is 0 Å². The number of unbranched alkanes of at least 4 members (excludes halogenated alkanes) is 1. The lowest BCUT2D eigenvalue weighted by molar-refractivity contribution is -0.137. The highest BCUT2D eigenvalue weighted by Gasteiger charge is 2.31. The van der Waals surface area contributed by atoms with Crippen LogP contribution in [0.15, 0.2) is 42.7 Å². The number of alkyl halides is 3. The van der Waals surface area contributed by atoms with Gasteiger partial charge >= 0.3 is 6.18 Å². The number of hydrogen-bond donors (Lipinski definition) is 1. The van der Waals surface area contributed by atoms with E-state index in [9.17, 15) is 13.2 Å². The molecule has 0 amide bonds. The van der Waals surface area contributed by atoms with Crippen molar-refractivity contribution in [1.82, 2.24) is 14.9 Å². The maximum absolute atomic E-state index is 12.9. The molecule has 0 aliphatic rings. The number of fused-ring (bicyclic) bond motifs is 1. The third-order valence-corrected chi connectivity index (χ3v) is 5.41. The van der Waals surface area contributed by atoms with E-state index < -0.39 is 11.7 Å². The molecule has 0 saturated heterocycles. The fourth-order valence-corrected chi connectivity index (χ4v) is 3.50. The van der Waals surface area contributed by atoms with Crippen molar-refractivity contribution in [1.29, 1.82) is 5.26 Å². The molecular weight excluding hydrogens is 403 g/mol. The molecule has 0 aliphatic carbocycles. The van der Waals surface area contributed by atoms with E-state index in [2.05, 4.69) is 20.9 Å². The second-order valence-corrected chi connectivity index (χ2v) is 7.77. The monoisotopic (exact) mass is 429 g/mol. The van der Waals surface area contributed by atoms with Crippen LogP contribution >= 0.6 is 0 Å². The number of pyridine rings is 1. The van der Waals surface area contributed by atoms with Gasteiger partial charge in [0.15, 0.2) is 0 Å². The summed E-state index contributed by atoms with van der Waals surface area (Å²) in [7, 11) is 3.77. The summed E-state index contributed by atoms with van der Waals surface area (Å²) < 4.78 is 38.6. The Morgan fingerprint density at radius 1 is 1.06 bits per heavy atom. The minimum absolute atomic E-state index is 0.319. The summed E-state index contributed by atoms with van der Waals surface area (Å²) in [6, 6.07) is 9.91. The molecule has 2 heterocycles. The molecule has 1 aromatic carbocycles. The van der Waals surface area contributed by atoms with Gasteiger partial charge in [0.1, 0.15) is 5.82 Å². The van der Waals surface area contributed by atoms with Crippen LogP contribution in [0.3, 0.4) is 0 Å². The molecule has 0 radical (unpaired) electrons. The van der Waals surface area contributed by atoms with Gasteiger partial charge in [-0.3, -0.25) is 0 Å². The molecular formula is C23H26F3N5. The number of nitrogens with zero attached hydrogens (tertiary/aromatic N) is 4. The van der Waals surface area contributed by atoms with Gasteiger partial charge in [0.05, 0.1) is 17.2 Å². The summed E-state index contributed by atoms with van der Waals surface area (Å²) in [5.41, 5.74) is 2.23. The van der Waals surface area contributed by atoms with E-state index in [1.165, 1.54) is 11.8 Å². The van der Waals surface area contributed by atoms with Crippen molar-refractivity contribution in [2.75, 3.05) is 38.6 Å². The lowest BCUT2D eigenvalue weighted by Gasteiger charge is -2.23. The van der Waals surface area contributed by atoms with Crippen molar-refractivity contribution >= 4 is 16.7 Å². The molecule has 1 N–H and O–H groups in total. The van der Waals surface area contributed by atoms with E-state index in [4.69, 9.17) is 5.26 Å². The summed E-state index contributed by atoms with van der Waals surface area (Å²) in [4.78, 5) is 11.2. The standard InChI is InChI=1S/C23H26F3N5/c1-30(11-12-31(2)22-14-19(8-9-28-22)23(24,25)26)10-4-3-5-18-16-29-21-7-6-17(15-27)13-20(18)21/h6-9,13-14,16,29H,3-5,10-12H2,1-2H3. The van der Waals surface area contributed by atoms with E-state index in [0.29, 0.717) is 17.9 Å². The number of aromatic amines is 1. The van der Waals surface area contributed by atoms with Gasteiger partial charge < -0.3 is 14.8 Å². The van der Waals surface area contributed by atoms with Crippen LogP contribution in [-0.4, -0.2) is 48.6 Å². The number of H-pyrrole nitrogens is 1. The van der Waals surface area contributed by atoms with Crippen molar-refractivity contribution in [2.45, 2.75) is 25.4 Å². The number of hydrogen-bond acceptors (Lipinski definition) is 4. The second-order valence-electron chi connectivity index (χ2n) is 7.77. The van der Waals surface area contributed by atoms with Crippen LogP contribution in [0.4, 0.5) is 19.0 Å². The quantitative estimate of drug-likeness (QED) is 0.495. The van der Waals surface area contributed by atoms with Gasteiger partial charge in [0.25, 0.3) is 0 Å². The van der Waals surface area contributed by atoms with Crippen molar-refractivity contribution in [3.8, 4) is 6.07 Å². The Morgan fingerprint density at radius 2 is 1.87 bits per heavy atom. The fraction of sp³-hybridized carbons (Fsp3) is 0.391. The van der Waals surface area contributed by atoms with E-state index in [1.807, 2.05) is 31.4 Å². The van der Waals surface area contributed by atoms with Crippen LogP contribution in [0.2, 0.25) is 0 Å². The van der Waals surface area contributed by atoms with E-state index in [1.54, 1.807) is 11.9 Å². The molecule has 0 saturated carbocycles. The average Bonchev–Trinajstić information content (AvgIpc) is 3.16. The highest BCUT2D eigenvalue weighted by atomic mass is 19.4. The van der Waals surface area contributed by atoms with Crippen molar-refractivity contribution in [2.24, 2.45) is 0 Å². The molecule has 5 nitrogen and oxygen atoms in total. The normalized spacial score (nSPS) is 11.8. The van der Waals surface area contributed by atoms with Gasteiger partial charge in [-0.25, -0.2) is 4.98 Å². The minimum Gasteiger partial charge on any atom is -0.361 e. The smallest absolute Gasteiger partial charge is 0.361 e. The Balaban J connectivity index is 1.43. The molecule has 0 fully saturated rings. The lowest BCUT2D eigenvalue weighted by Crippen LogP contribution is -2.32. The number of aryl methyl sites for hydroxylation is 1. The third kappa shape index (κ3) is 5.98. The number of likely N-dealkylation sites (N-methyl/N-ethyl adjacent to an activating group) is 2. The molecule has 3 aromatic rings. The summed E-state index contributed by atoms with van der Waals surface area (Å²) >= 11 is 0. The molecule has 0 aliphatic heterocycles. The molecule has 31 heavy (non-hydrogen) atoms. The molecule has 8 heteroatoms. The van der Waals surface area contributed by atoms with Crippen LogP contribution in [0.25, 0.3) is 10.9 Å². The zero-order chi connectivity index (χ0) is 22.4. The van der Waals surface area contributed by atoms with Crippen LogP contribution in [-0.2, 0) is 12.6 Å². The number of benzene rings is 1. The number of nitriles is 1. The first-order valence-electron chi connectivity index (χ1n) is 10.2. The Bertz CT molecular complexity index is 1050. The first kappa shape index (κ1) is 22.6. The van der Waals surface area contributed by atoms with Crippen LogP contribution in [0, 0.1) is 11.3 Å². The van der Waals surface area contributed by atoms with Crippen LogP contribution in [0.1, 0.15) is 29.5 Å². The maximum Gasteiger partial charge on any atom is 0.416 e. The largest absolute Gasteiger partial charge is 0.416 e. The maximum atomic E-state index is 12.9. The van der Waals surface area contributed by atoms with Crippen molar-refractivity contribution in [3.05, 3.63) is 59.4 Å². The first-order chi connectivity index (χ1) is 14.8. The zero-order valence-corrected chi connectivity index (χ0v) is 17.7. The number of rotatable bonds is 9. The second kappa shape index (κ2) is 9.84. The first-order valence-corrected chi connectivity index (χ1v) is 10.2. The predicted octanol–water partition coefficient (Wildman–Crippen LogP) is 4.84. The summed E-state index contributed by atoms with van der Waals surface area (Å²) in [6.07, 6.45) is 1.79. The molecule has 2 aromatic heterocycles. The van der Waals surface area contributed by atoms with Crippen LogP contribution in [0.5, 0.6) is 0 Å². The van der Waals surface area contributed by atoms with Gasteiger partial charge in [-0.05, 0) is 68.8 Å². The number of nitrogens with one attached hydrogen (secondary N) is 1. The number of halogens is 3. The Kier molecular flexibility index (Phi) is 7.18. The zero-order valence-electron chi connectivity index (χ0n) is 17.7. The van der Waals surface area contributed by atoms with Gasteiger partial charge in [-0.1, -0.05) is 0 Å². The Morgan fingerprint density at radius 3 is 2.61 bits per heavy atom. The molecule has 164 valence electrons.